The Hall–Kier alpha value is -1.89. The summed E-state index contributed by atoms with van der Waals surface area (Å²) in [6.07, 6.45) is 18.7. The SMILES string of the molecule is Cn1cc(-c2cnn3c(NC4CCCCC4)c(Br)c(C4CCCCC4)nc23)cn1. The van der Waals surface area contributed by atoms with Crippen LogP contribution < -0.4 is 5.32 Å². The van der Waals surface area contributed by atoms with E-state index in [1.165, 1.54) is 69.9 Å². The number of rotatable bonds is 4. The number of hydrogen-bond donors (Lipinski definition) is 1. The lowest BCUT2D eigenvalue weighted by molar-refractivity contribution is 0.435. The second kappa shape index (κ2) is 8.09. The minimum Gasteiger partial charge on any atom is -0.366 e. The predicted molar refractivity (Wildman–Crippen MR) is 119 cm³/mol. The Morgan fingerprint density at radius 1 is 0.966 bits per heavy atom. The first-order chi connectivity index (χ1) is 14.2. The van der Waals surface area contributed by atoms with Gasteiger partial charge in [0.2, 0.25) is 0 Å². The number of hydrogen-bond acceptors (Lipinski definition) is 4. The summed E-state index contributed by atoms with van der Waals surface area (Å²) < 4.78 is 4.93. The third kappa shape index (κ3) is 3.69. The van der Waals surface area contributed by atoms with Crippen molar-refractivity contribution >= 4 is 27.4 Å². The Labute approximate surface area is 180 Å². The van der Waals surface area contributed by atoms with Crippen LogP contribution in [0.5, 0.6) is 0 Å². The lowest BCUT2D eigenvalue weighted by atomic mass is 9.86. The van der Waals surface area contributed by atoms with E-state index in [-0.39, 0.29) is 0 Å². The van der Waals surface area contributed by atoms with Gasteiger partial charge in [-0.05, 0) is 41.6 Å². The molecule has 0 atom stereocenters. The molecule has 5 rings (SSSR count). The van der Waals surface area contributed by atoms with Crippen LogP contribution in [0.3, 0.4) is 0 Å². The fourth-order valence-corrected chi connectivity index (χ4v) is 5.66. The lowest BCUT2D eigenvalue weighted by Gasteiger charge is -2.27. The standard InChI is InChI=1S/C22H29BrN6/c1-28-14-16(12-24-28)18-13-25-29-21(18)27-20(15-8-4-2-5-9-15)19(23)22(29)26-17-10-6-3-7-11-17/h12-15,17,26H,2-11H2,1H3. The van der Waals surface area contributed by atoms with Crippen LogP contribution in [0.1, 0.15) is 75.8 Å². The van der Waals surface area contributed by atoms with Crippen molar-refractivity contribution in [2.45, 2.75) is 76.2 Å². The highest BCUT2D eigenvalue weighted by Crippen LogP contribution is 2.40. The van der Waals surface area contributed by atoms with Gasteiger partial charge in [0.15, 0.2) is 5.65 Å². The third-order valence-corrected chi connectivity index (χ3v) is 7.35. The normalized spacial score (nSPS) is 19.1. The number of nitrogens with one attached hydrogen (secondary N) is 1. The molecule has 0 spiro atoms. The zero-order valence-electron chi connectivity index (χ0n) is 17.1. The summed E-state index contributed by atoms with van der Waals surface area (Å²) in [7, 11) is 1.95. The summed E-state index contributed by atoms with van der Waals surface area (Å²) in [5.41, 5.74) is 4.24. The molecule has 0 saturated heterocycles. The number of halogens is 1. The van der Waals surface area contributed by atoms with E-state index in [9.17, 15) is 0 Å². The van der Waals surface area contributed by atoms with Gasteiger partial charge in [0.05, 0.1) is 22.6 Å². The summed E-state index contributed by atoms with van der Waals surface area (Å²) in [5, 5.41) is 12.9. The zero-order valence-corrected chi connectivity index (χ0v) is 18.7. The molecule has 0 bridgehead atoms. The smallest absolute Gasteiger partial charge is 0.165 e. The van der Waals surface area contributed by atoms with Crippen LogP contribution >= 0.6 is 15.9 Å². The van der Waals surface area contributed by atoms with E-state index in [4.69, 9.17) is 10.1 Å². The number of nitrogens with zero attached hydrogens (tertiary/aromatic N) is 5. The molecule has 2 aliphatic rings. The number of aryl methyl sites for hydroxylation is 1. The molecular formula is C22H29BrN6. The molecule has 0 unspecified atom stereocenters. The van der Waals surface area contributed by atoms with Crippen molar-refractivity contribution in [2.24, 2.45) is 7.05 Å². The first-order valence-electron chi connectivity index (χ1n) is 11.0. The van der Waals surface area contributed by atoms with Crippen molar-refractivity contribution in [2.75, 3.05) is 5.32 Å². The molecular weight excluding hydrogens is 428 g/mol. The molecule has 3 aromatic rings. The molecule has 0 aliphatic heterocycles. The Morgan fingerprint density at radius 2 is 1.69 bits per heavy atom. The topological polar surface area (TPSA) is 60.0 Å². The summed E-state index contributed by atoms with van der Waals surface area (Å²) in [5.74, 6) is 1.59. The number of aromatic nitrogens is 5. The van der Waals surface area contributed by atoms with Crippen molar-refractivity contribution < 1.29 is 0 Å². The molecule has 0 aromatic carbocycles. The quantitative estimate of drug-likeness (QED) is 0.547. The first-order valence-corrected chi connectivity index (χ1v) is 11.8. The molecule has 7 heteroatoms. The Kier molecular flexibility index (Phi) is 5.33. The number of anilines is 1. The molecule has 3 aromatic heterocycles. The highest BCUT2D eigenvalue weighted by molar-refractivity contribution is 9.10. The molecule has 2 saturated carbocycles. The van der Waals surface area contributed by atoms with Gasteiger partial charge in [-0.25, -0.2) is 4.98 Å². The minimum absolute atomic E-state index is 0.510. The maximum atomic E-state index is 5.17. The average Bonchev–Trinajstić information content (AvgIpc) is 3.37. The van der Waals surface area contributed by atoms with Crippen LogP contribution in [0.4, 0.5) is 5.82 Å². The van der Waals surface area contributed by atoms with E-state index >= 15 is 0 Å². The van der Waals surface area contributed by atoms with Crippen molar-refractivity contribution in [3.8, 4) is 11.1 Å². The largest absolute Gasteiger partial charge is 0.366 e. The van der Waals surface area contributed by atoms with Crippen LogP contribution in [0.2, 0.25) is 0 Å². The molecule has 154 valence electrons. The van der Waals surface area contributed by atoms with Crippen molar-refractivity contribution in [1.29, 1.82) is 0 Å². The Balaban J connectivity index is 1.63. The van der Waals surface area contributed by atoms with E-state index in [0.717, 1.165) is 27.1 Å². The minimum atomic E-state index is 0.510. The van der Waals surface area contributed by atoms with Gasteiger partial charge in [0.1, 0.15) is 5.82 Å². The van der Waals surface area contributed by atoms with Gasteiger partial charge in [-0.3, -0.25) is 4.68 Å². The van der Waals surface area contributed by atoms with Gasteiger partial charge in [0, 0.05) is 36.3 Å². The first kappa shape index (κ1) is 19.1. The van der Waals surface area contributed by atoms with Crippen LogP contribution in [0.25, 0.3) is 16.8 Å². The van der Waals surface area contributed by atoms with Crippen molar-refractivity contribution in [3.63, 3.8) is 0 Å². The Bertz CT molecular complexity index is 994. The van der Waals surface area contributed by atoms with Crippen molar-refractivity contribution in [3.05, 3.63) is 28.8 Å². The summed E-state index contributed by atoms with van der Waals surface area (Å²) in [6, 6.07) is 0.510. The van der Waals surface area contributed by atoms with E-state index in [2.05, 4.69) is 26.3 Å². The van der Waals surface area contributed by atoms with E-state index in [1.807, 2.05) is 34.8 Å². The molecule has 0 radical (unpaired) electrons. The van der Waals surface area contributed by atoms with Crippen LogP contribution in [0, 0.1) is 0 Å². The fourth-order valence-electron chi connectivity index (χ4n) is 4.97. The summed E-state index contributed by atoms with van der Waals surface area (Å²) in [4.78, 5) is 5.17. The van der Waals surface area contributed by atoms with E-state index in [0.29, 0.717) is 12.0 Å². The maximum absolute atomic E-state index is 5.17. The second-order valence-corrected chi connectivity index (χ2v) is 9.46. The van der Waals surface area contributed by atoms with Crippen LogP contribution in [0.15, 0.2) is 23.1 Å². The monoisotopic (exact) mass is 456 g/mol. The van der Waals surface area contributed by atoms with Crippen LogP contribution in [-0.4, -0.2) is 30.4 Å². The second-order valence-electron chi connectivity index (χ2n) is 8.67. The zero-order chi connectivity index (χ0) is 19.8. The van der Waals surface area contributed by atoms with Crippen molar-refractivity contribution in [1.82, 2.24) is 24.4 Å². The third-order valence-electron chi connectivity index (χ3n) is 6.57. The molecule has 1 N–H and O–H groups in total. The molecule has 29 heavy (non-hydrogen) atoms. The average molecular weight is 457 g/mol. The van der Waals surface area contributed by atoms with Gasteiger partial charge in [-0.1, -0.05) is 38.5 Å². The predicted octanol–water partition coefficient (Wildman–Crippen LogP) is 5.68. The summed E-state index contributed by atoms with van der Waals surface area (Å²) >= 11 is 3.93. The molecule has 2 aliphatic carbocycles. The van der Waals surface area contributed by atoms with Crippen LogP contribution in [-0.2, 0) is 7.05 Å². The van der Waals surface area contributed by atoms with Gasteiger partial charge >= 0.3 is 0 Å². The maximum Gasteiger partial charge on any atom is 0.165 e. The molecule has 3 heterocycles. The highest BCUT2D eigenvalue weighted by Gasteiger charge is 2.26. The highest BCUT2D eigenvalue weighted by atomic mass is 79.9. The van der Waals surface area contributed by atoms with Gasteiger partial charge in [-0.2, -0.15) is 14.7 Å². The van der Waals surface area contributed by atoms with Gasteiger partial charge < -0.3 is 5.32 Å². The van der Waals surface area contributed by atoms with Gasteiger partial charge in [-0.15, -0.1) is 0 Å². The summed E-state index contributed by atoms with van der Waals surface area (Å²) in [6.45, 7) is 0. The number of fused-ring (bicyclic) bond motifs is 1. The lowest BCUT2D eigenvalue weighted by Crippen LogP contribution is -2.25. The van der Waals surface area contributed by atoms with E-state index < -0.39 is 0 Å². The molecule has 2 fully saturated rings. The van der Waals surface area contributed by atoms with Gasteiger partial charge in [0.25, 0.3) is 0 Å². The fraction of sp³-hybridized carbons (Fsp3) is 0.591. The van der Waals surface area contributed by atoms with E-state index in [1.54, 1.807) is 0 Å². The Morgan fingerprint density at radius 3 is 2.38 bits per heavy atom. The molecule has 6 nitrogen and oxygen atoms in total. The molecule has 0 amide bonds.